The summed E-state index contributed by atoms with van der Waals surface area (Å²) in [6.45, 7) is 0.251. The summed E-state index contributed by atoms with van der Waals surface area (Å²) in [7, 11) is 0. The van der Waals surface area contributed by atoms with Crippen LogP contribution < -0.4 is 10.6 Å². The zero-order chi connectivity index (χ0) is 25.1. The summed E-state index contributed by atoms with van der Waals surface area (Å²) in [6, 6.07) is 3.12. The lowest BCUT2D eigenvalue weighted by atomic mass is 9.97. The average Bonchev–Trinajstić information content (AvgIpc) is 3.48. The molecule has 4 rings (SSSR count). The van der Waals surface area contributed by atoms with E-state index in [-0.39, 0.29) is 18.4 Å². The van der Waals surface area contributed by atoms with Crippen LogP contribution in [0.1, 0.15) is 56.2 Å². The quantitative estimate of drug-likeness (QED) is 0.466. The largest absolute Gasteiger partial charge is 0.416 e. The number of nitrogens with one attached hydrogen (secondary N) is 2. The van der Waals surface area contributed by atoms with E-state index in [1.54, 1.807) is 10.9 Å². The molecule has 1 aliphatic carbocycles. The number of alkyl halides is 3. The topological polar surface area (TPSA) is 122 Å². The maximum Gasteiger partial charge on any atom is 0.416 e. The van der Waals surface area contributed by atoms with Gasteiger partial charge in [0, 0.05) is 12.2 Å². The number of halogens is 3. The van der Waals surface area contributed by atoms with Gasteiger partial charge in [-0.2, -0.15) is 13.2 Å². The van der Waals surface area contributed by atoms with E-state index in [1.807, 2.05) is 0 Å². The summed E-state index contributed by atoms with van der Waals surface area (Å²) in [5.74, 6) is 0. The Hall–Kier alpha value is -2.70. The van der Waals surface area contributed by atoms with E-state index >= 15 is 0 Å². The molecule has 0 bridgehead atoms. The smallest absolute Gasteiger partial charge is 0.394 e. The highest BCUT2D eigenvalue weighted by atomic mass is 19.4. The SMILES string of the molecule is O=C(Nc1ccc(C(F)(F)F)cc1)N[C@H]1CC[C@@H](CCn2cc(C3(O)CCCC3)nn2)O[C@@H]1CO. The molecule has 0 spiro atoms. The highest BCUT2D eigenvalue weighted by Gasteiger charge is 2.36. The zero-order valence-corrected chi connectivity index (χ0v) is 19.2. The first-order valence-electron chi connectivity index (χ1n) is 11.8. The number of hydrogen-bond donors (Lipinski definition) is 4. The highest BCUT2D eigenvalue weighted by Crippen LogP contribution is 2.37. The Labute approximate surface area is 200 Å². The van der Waals surface area contributed by atoms with Crippen molar-refractivity contribution in [3.8, 4) is 0 Å². The van der Waals surface area contributed by atoms with Crippen LogP contribution in [0.15, 0.2) is 30.5 Å². The first-order valence-corrected chi connectivity index (χ1v) is 11.8. The number of aromatic nitrogens is 3. The number of carbonyl (C=O) groups is 1. The fraction of sp³-hybridized carbons (Fsp3) is 0.609. The summed E-state index contributed by atoms with van der Waals surface area (Å²) < 4.78 is 45.7. The van der Waals surface area contributed by atoms with Gasteiger partial charge < -0.3 is 25.6 Å². The van der Waals surface area contributed by atoms with Crippen molar-refractivity contribution in [1.82, 2.24) is 20.3 Å². The fourth-order valence-corrected chi connectivity index (χ4v) is 4.70. The van der Waals surface area contributed by atoms with Gasteiger partial charge in [-0.05, 0) is 56.4 Å². The molecule has 192 valence electrons. The van der Waals surface area contributed by atoms with E-state index in [2.05, 4.69) is 20.9 Å². The van der Waals surface area contributed by atoms with Gasteiger partial charge in [0.1, 0.15) is 17.4 Å². The summed E-state index contributed by atoms with van der Waals surface area (Å²) >= 11 is 0. The molecule has 0 unspecified atom stereocenters. The number of ether oxygens (including phenoxy) is 1. The number of aliphatic hydroxyl groups is 2. The van der Waals surface area contributed by atoms with Crippen LogP contribution >= 0.6 is 0 Å². The van der Waals surface area contributed by atoms with Crippen LogP contribution in [0.4, 0.5) is 23.7 Å². The molecule has 4 N–H and O–H groups in total. The van der Waals surface area contributed by atoms with Crippen molar-refractivity contribution in [2.45, 2.75) is 81.5 Å². The molecule has 2 heterocycles. The van der Waals surface area contributed by atoms with Gasteiger partial charge in [0.15, 0.2) is 0 Å². The molecule has 1 saturated carbocycles. The predicted octanol–water partition coefficient (Wildman–Crippen LogP) is 3.18. The van der Waals surface area contributed by atoms with Gasteiger partial charge in [-0.15, -0.1) is 5.10 Å². The third-order valence-electron chi connectivity index (χ3n) is 6.71. The predicted molar refractivity (Wildman–Crippen MR) is 119 cm³/mol. The lowest BCUT2D eigenvalue weighted by Crippen LogP contribution is -2.52. The fourth-order valence-electron chi connectivity index (χ4n) is 4.70. The van der Waals surface area contributed by atoms with E-state index in [1.165, 1.54) is 12.1 Å². The number of aliphatic hydroxyl groups excluding tert-OH is 1. The number of anilines is 1. The van der Waals surface area contributed by atoms with Gasteiger partial charge in [-0.25, -0.2) is 4.79 Å². The normalized spacial score (nSPS) is 24.3. The van der Waals surface area contributed by atoms with Crippen molar-refractivity contribution in [1.29, 1.82) is 0 Å². The number of benzene rings is 1. The molecule has 2 aliphatic rings. The minimum Gasteiger partial charge on any atom is -0.394 e. The molecule has 3 atom stereocenters. The van der Waals surface area contributed by atoms with Crippen molar-refractivity contribution in [2.24, 2.45) is 0 Å². The Kier molecular flexibility index (Phi) is 7.62. The Bertz CT molecular complexity index is 992. The number of aryl methyl sites for hydroxylation is 1. The number of amides is 2. The zero-order valence-electron chi connectivity index (χ0n) is 19.2. The molecule has 12 heteroatoms. The van der Waals surface area contributed by atoms with Gasteiger partial charge >= 0.3 is 12.2 Å². The van der Waals surface area contributed by atoms with Crippen LogP contribution in [0.3, 0.4) is 0 Å². The van der Waals surface area contributed by atoms with Crippen molar-refractivity contribution in [2.75, 3.05) is 11.9 Å². The summed E-state index contributed by atoms with van der Waals surface area (Å²) in [5, 5.41) is 33.9. The number of rotatable bonds is 7. The average molecular weight is 498 g/mol. The number of carbonyl (C=O) groups excluding carboxylic acids is 1. The van der Waals surface area contributed by atoms with Crippen LogP contribution in [0.25, 0.3) is 0 Å². The summed E-state index contributed by atoms with van der Waals surface area (Å²) in [4.78, 5) is 12.3. The van der Waals surface area contributed by atoms with Gasteiger partial charge in [0.05, 0.1) is 30.5 Å². The van der Waals surface area contributed by atoms with Crippen LogP contribution in [0.2, 0.25) is 0 Å². The van der Waals surface area contributed by atoms with E-state index in [9.17, 15) is 28.2 Å². The molecule has 1 aromatic carbocycles. The monoisotopic (exact) mass is 497 g/mol. The molecule has 2 fully saturated rings. The standard InChI is InChI=1S/C23H30F3N5O4/c24-23(25,26)15-3-5-16(6-4-15)27-21(33)28-18-8-7-17(35-19(18)14-32)9-12-31-13-20(29-30-31)22(34)10-1-2-11-22/h3-6,13,17-19,32,34H,1-2,7-12,14H2,(H2,27,28,33)/t17-,18-,19+/m0/s1. The van der Waals surface area contributed by atoms with Crippen LogP contribution in [-0.4, -0.2) is 56.1 Å². The van der Waals surface area contributed by atoms with Crippen molar-refractivity contribution < 1.29 is 32.9 Å². The van der Waals surface area contributed by atoms with Gasteiger partial charge in [0.25, 0.3) is 0 Å². The molecular formula is C23H30F3N5O4. The molecule has 2 aromatic rings. The number of urea groups is 1. The lowest BCUT2D eigenvalue weighted by molar-refractivity contribution is -0.137. The van der Waals surface area contributed by atoms with Gasteiger partial charge in [-0.3, -0.25) is 4.68 Å². The molecule has 1 saturated heterocycles. The van der Waals surface area contributed by atoms with Crippen LogP contribution in [0.5, 0.6) is 0 Å². The molecule has 35 heavy (non-hydrogen) atoms. The third kappa shape index (κ3) is 6.30. The van der Waals surface area contributed by atoms with Gasteiger partial charge in [-0.1, -0.05) is 18.1 Å². The van der Waals surface area contributed by atoms with E-state index in [0.717, 1.165) is 25.0 Å². The minimum atomic E-state index is -4.45. The molecule has 1 aliphatic heterocycles. The van der Waals surface area contributed by atoms with Crippen molar-refractivity contribution in [3.63, 3.8) is 0 Å². The van der Waals surface area contributed by atoms with E-state index < -0.39 is 35.5 Å². The Balaban J connectivity index is 1.24. The number of nitrogens with zero attached hydrogens (tertiary/aromatic N) is 3. The first-order chi connectivity index (χ1) is 16.7. The second-order valence-electron chi connectivity index (χ2n) is 9.23. The van der Waals surface area contributed by atoms with Crippen molar-refractivity contribution >= 4 is 11.7 Å². The summed E-state index contributed by atoms with van der Waals surface area (Å²) in [5.41, 5.74) is -0.871. The van der Waals surface area contributed by atoms with Gasteiger partial charge in [0.2, 0.25) is 0 Å². The maximum atomic E-state index is 12.7. The lowest BCUT2D eigenvalue weighted by Gasteiger charge is -2.36. The van der Waals surface area contributed by atoms with Crippen molar-refractivity contribution in [3.05, 3.63) is 41.7 Å². The minimum absolute atomic E-state index is 0.148. The third-order valence-corrected chi connectivity index (χ3v) is 6.71. The van der Waals surface area contributed by atoms with E-state index in [4.69, 9.17) is 4.74 Å². The highest BCUT2D eigenvalue weighted by molar-refractivity contribution is 5.89. The molecule has 0 radical (unpaired) electrons. The second-order valence-corrected chi connectivity index (χ2v) is 9.23. The molecule has 1 aromatic heterocycles. The van der Waals surface area contributed by atoms with Crippen LogP contribution in [-0.2, 0) is 23.1 Å². The molecule has 9 nitrogen and oxygen atoms in total. The molecule has 2 amide bonds. The Morgan fingerprint density at radius 2 is 1.91 bits per heavy atom. The number of hydrogen-bond acceptors (Lipinski definition) is 6. The first kappa shape index (κ1) is 25.4. The Morgan fingerprint density at radius 1 is 1.20 bits per heavy atom. The summed E-state index contributed by atoms with van der Waals surface area (Å²) in [6.07, 6.45) is 1.73. The molecular weight excluding hydrogens is 467 g/mol. The Morgan fingerprint density at radius 3 is 2.57 bits per heavy atom. The second kappa shape index (κ2) is 10.5. The van der Waals surface area contributed by atoms with E-state index in [0.29, 0.717) is 44.3 Å². The van der Waals surface area contributed by atoms with Crippen LogP contribution in [0, 0.1) is 0 Å². The maximum absolute atomic E-state index is 12.7.